The summed E-state index contributed by atoms with van der Waals surface area (Å²) in [5.74, 6) is 0.758. The average molecular weight is 382 g/mol. The molecule has 0 saturated carbocycles. The van der Waals surface area contributed by atoms with E-state index in [4.69, 9.17) is 14.6 Å². The number of methoxy groups -OCH3 is 2. The summed E-state index contributed by atoms with van der Waals surface area (Å²) in [6.07, 6.45) is 0. The van der Waals surface area contributed by atoms with Gasteiger partial charge in [-0.3, -0.25) is 0 Å². The fraction of sp³-hybridized carbons (Fsp3) is 0.538. The molecule has 6 nitrogen and oxygen atoms in total. The molecule has 0 aromatic heterocycles. The Balaban J connectivity index is 3.43. The van der Waals surface area contributed by atoms with Crippen LogP contribution in [-0.4, -0.2) is 51.2 Å². The van der Waals surface area contributed by atoms with Crippen LogP contribution in [-0.2, 0) is 10.0 Å². The third kappa shape index (κ3) is 3.88. The second kappa shape index (κ2) is 7.44. The van der Waals surface area contributed by atoms with Gasteiger partial charge in [-0.05, 0) is 35.8 Å². The third-order valence-electron chi connectivity index (χ3n) is 2.92. The van der Waals surface area contributed by atoms with Gasteiger partial charge in [-0.15, -0.1) is 0 Å². The highest BCUT2D eigenvalue weighted by molar-refractivity contribution is 9.10. The van der Waals surface area contributed by atoms with Gasteiger partial charge >= 0.3 is 0 Å². The number of ether oxygens (including phenoxy) is 2. The van der Waals surface area contributed by atoms with Crippen molar-refractivity contribution in [3.05, 3.63) is 16.6 Å². The molecule has 0 aliphatic heterocycles. The zero-order chi connectivity index (χ0) is 16.2. The van der Waals surface area contributed by atoms with Crippen LogP contribution in [0.2, 0.25) is 0 Å². The molecule has 120 valence electrons. The standard InChI is InChI=1S/C13H20BrNO5S/c1-9(2)15(5-6-16)21(17,18)13-8-12(20-4)11(19-3)7-10(13)14/h7-9,16H,5-6H2,1-4H3. The van der Waals surface area contributed by atoms with E-state index in [2.05, 4.69) is 15.9 Å². The van der Waals surface area contributed by atoms with Crippen molar-refractivity contribution in [1.82, 2.24) is 4.31 Å². The fourth-order valence-corrected chi connectivity index (χ4v) is 4.54. The van der Waals surface area contributed by atoms with Gasteiger partial charge in [-0.25, -0.2) is 8.42 Å². The number of nitrogens with zero attached hydrogens (tertiary/aromatic N) is 1. The van der Waals surface area contributed by atoms with Crippen molar-refractivity contribution in [1.29, 1.82) is 0 Å². The van der Waals surface area contributed by atoms with Crippen molar-refractivity contribution in [2.75, 3.05) is 27.4 Å². The van der Waals surface area contributed by atoms with Crippen LogP contribution in [0.25, 0.3) is 0 Å². The van der Waals surface area contributed by atoms with E-state index in [1.807, 2.05) is 0 Å². The maximum Gasteiger partial charge on any atom is 0.244 e. The van der Waals surface area contributed by atoms with Crippen LogP contribution in [0.1, 0.15) is 13.8 Å². The lowest BCUT2D eigenvalue weighted by atomic mass is 10.3. The zero-order valence-corrected chi connectivity index (χ0v) is 14.9. The lowest BCUT2D eigenvalue weighted by Crippen LogP contribution is -2.39. The van der Waals surface area contributed by atoms with Crippen molar-refractivity contribution in [3.8, 4) is 11.5 Å². The molecule has 0 heterocycles. The SMILES string of the molecule is COc1cc(Br)c(S(=O)(=O)N(CCO)C(C)C)cc1OC. The first-order valence-corrected chi connectivity index (χ1v) is 8.57. The van der Waals surface area contributed by atoms with Crippen LogP contribution in [0, 0.1) is 0 Å². The van der Waals surface area contributed by atoms with E-state index in [0.29, 0.717) is 16.0 Å². The molecular weight excluding hydrogens is 362 g/mol. The smallest absolute Gasteiger partial charge is 0.244 e. The van der Waals surface area contributed by atoms with Gasteiger partial charge < -0.3 is 14.6 Å². The minimum absolute atomic E-state index is 0.0286. The van der Waals surface area contributed by atoms with E-state index in [-0.39, 0.29) is 24.1 Å². The molecule has 21 heavy (non-hydrogen) atoms. The summed E-state index contributed by atoms with van der Waals surface area (Å²) in [5.41, 5.74) is 0. The maximum atomic E-state index is 12.7. The summed E-state index contributed by atoms with van der Waals surface area (Å²) in [5, 5.41) is 9.09. The first-order chi connectivity index (χ1) is 9.79. The van der Waals surface area contributed by atoms with Gasteiger partial charge in [0, 0.05) is 23.1 Å². The van der Waals surface area contributed by atoms with Crippen LogP contribution in [0.15, 0.2) is 21.5 Å². The van der Waals surface area contributed by atoms with Crippen LogP contribution in [0.5, 0.6) is 11.5 Å². The highest BCUT2D eigenvalue weighted by Gasteiger charge is 2.29. The number of rotatable bonds is 7. The molecule has 0 spiro atoms. The van der Waals surface area contributed by atoms with Crippen molar-refractivity contribution in [3.63, 3.8) is 0 Å². The highest BCUT2D eigenvalue weighted by Crippen LogP contribution is 2.36. The summed E-state index contributed by atoms with van der Waals surface area (Å²) in [6.45, 7) is 3.28. The Morgan fingerprint density at radius 1 is 1.24 bits per heavy atom. The zero-order valence-electron chi connectivity index (χ0n) is 12.5. The molecule has 1 N–H and O–H groups in total. The number of halogens is 1. The molecule has 0 radical (unpaired) electrons. The van der Waals surface area contributed by atoms with Crippen LogP contribution >= 0.6 is 15.9 Å². The molecule has 8 heteroatoms. The van der Waals surface area contributed by atoms with Crippen molar-refractivity contribution in [2.24, 2.45) is 0 Å². The minimum atomic E-state index is -3.76. The summed E-state index contributed by atoms with van der Waals surface area (Å²) < 4.78 is 37.4. The molecule has 0 aliphatic rings. The van der Waals surface area contributed by atoms with Gasteiger partial charge in [0.05, 0.1) is 20.8 Å². The van der Waals surface area contributed by atoms with Gasteiger partial charge in [-0.1, -0.05) is 0 Å². The van der Waals surface area contributed by atoms with Gasteiger partial charge in [0.2, 0.25) is 10.0 Å². The molecule has 0 bridgehead atoms. The van der Waals surface area contributed by atoms with Gasteiger partial charge in [0.25, 0.3) is 0 Å². The number of hydrogen-bond donors (Lipinski definition) is 1. The molecule has 0 amide bonds. The fourth-order valence-electron chi connectivity index (χ4n) is 1.91. The van der Waals surface area contributed by atoms with Crippen LogP contribution in [0.3, 0.4) is 0 Å². The molecular formula is C13H20BrNO5S. The Morgan fingerprint density at radius 3 is 2.19 bits per heavy atom. The molecule has 0 unspecified atom stereocenters. The highest BCUT2D eigenvalue weighted by atomic mass is 79.9. The van der Waals surface area contributed by atoms with Gasteiger partial charge in [0.15, 0.2) is 11.5 Å². The van der Waals surface area contributed by atoms with E-state index in [1.165, 1.54) is 24.6 Å². The van der Waals surface area contributed by atoms with E-state index in [9.17, 15) is 8.42 Å². The van der Waals surface area contributed by atoms with E-state index in [1.54, 1.807) is 19.9 Å². The number of aliphatic hydroxyl groups excluding tert-OH is 1. The molecule has 0 atom stereocenters. The van der Waals surface area contributed by atoms with Crippen LogP contribution < -0.4 is 9.47 Å². The molecule has 1 aromatic rings. The Kier molecular flexibility index (Phi) is 6.45. The quantitative estimate of drug-likeness (QED) is 0.779. The number of hydrogen-bond acceptors (Lipinski definition) is 5. The molecule has 1 aromatic carbocycles. The molecule has 0 saturated heterocycles. The van der Waals surface area contributed by atoms with Crippen molar-refractivity contribution < 1.29 is 23.0 Å². The summed E-state index contributed by atoms with van der Waals surface area (Å²) in [7, 11) is -0.842. The monoisotopic (exact) mass is 381 g/mol. The lowest BCUT2D eigenvalue weighted by Gasteiger charge is -2.26. The predicted octanol–water partition coefficient (Wildman–Crippen LogP) is 1.86. The van der Waals surface area contributed by atoms with Gasteiger partial charge in [-0.2, -0.15) is 4.31 Å². The Morgan fingerprint density at radius 2 is 1.76 bits per heavy atom. The summed E-state index contributed by atoms with van der Waals surface area (Å²) >= 11 is 3.25. The minimum Gasteiger partial charge on any atom is -0.493 e. The van der Waals surface area contributed by atoms with Crippen LogP contribution in [0.4, 0.5) is 0 Å². The Bertz CT molecular complexity index is 588. The summed E-state index contributed by atoms with van der Waals surface area (Å²) in [6, 6.07) is 2.68. The largest absolute Gasteiger partial charge is 0.493 e. The Labute approximate surface area is 133 Å². The van der Waals surface area contributed by atoms with Gasteiger partial charge in [0.1, 0.15) is 4.90 Å². The summed E-state index contributed by atoms with van der Waals surface area (Å²) in [4.78, 5) is 0.0716. The molecule has 1 rings (SSSR count). The average Bonchev–Trinajstić information content (AvgIpc) is 2.43. The number of benzene rings is 1. The Hall–Kier alpha value is -0.830. The lowest BCUT2D eigenvalue weighted by molar-refractivity contribution is 0.236. The van der Waals surface area contributed by atoms with E-state index in [0.717, 1.165) is 0 Å². The first-order valence-electron chi connectivity index (χ1n) is 6.33. The van der Waals surface area contributed by atoms with Crippen molar-refractivity contribution >= 4 is 26.0 Å². The number of sulfonamides is 1. The second-order valence-corrected chi connectivity index (χ2v) is 7.28. The van der Waals surface area contributed by atoms with E-state index >= 15 is 0 Å². The topological polar surface area (TPSA) is 76.1 Å². The van der Waals surface area contributed by atoms with E-state index < -0.39 is 10.0 Å². The second-order valence-electron chi connectivity index (χ2n) is 4.57. The van der Waals surface area contributed by atoms with Crippen molar-refractivity contribution in [2.45, 2.75) is 24.8 Å². The normalized spacial score (nSPS) is 12.0. The first kappa shape index (κ1) is 18.2. The molecule has 0 aliphatic carbocycles. The molecule has 0 fully saturated rings. The predicted molar refractivity (Wildman–Crippen MR) is 83.4 cm³/mol. The maximum absolute atomic E-state index is 12.7. The number of aliphatic hydroxyl groups is 1. The third-order valence-corrected chi connectivity index (χ3v) is 5.95.